The first-order valence-corrected chi connectivity index (χ1v) is 12.1. The summed E-state index contributed by atoms with van der Waals surface area (Å²) in [5.74, 6) is -109. The van der Waals surface area contributed by atoms with Gasteiger partial charge in [0.15, 0.2) is 58.5 Å². The van der Waals surface area contributed by atoms with Crippen molar-refractivity contribution in [1.29, 1.82) is 0 Å². The van der Waals surface area contributed by atoms with E-state index in [9.17, 15) is 65.9 Å². The zero-order valence-electron chi connectivity index (χ0n) is 22.4. The van der Waals surface area contributed by atoms with Crippen LogP contribution in [0.2, 0.25) is 0 Å². The Balaban J connectivity index is 2.76. The van der Waals surface area contributed by atoms with Crippen molar-refractivity contribution < 1.29 is 114 Å². The summed E-state index contributed by atoms with van der Waals surface area (Å²) >= 11 is 0. The van der Waals surface area contributed by atoms with Crippen molar-refractivity contribution in [2.75, 3.05) is 0 Å². The quantitative estimate of drug-likeness (QED) is 0.110. The van der Waals surface area contributed by atoms with E-state index in [1.165, 1.54) is 0 Å². The average molecular weight is 793 g/mol. The van der Waals surface area contributed by atoms with Gasteiger partial charge >= 0.3 is 29.6 Å². The molecule has 1 saturated carbocycles. The third kappa shape index (κ3) is 3.99. The molecule has 3 aromatic rings. The Hall–Kier alpha value is -4.10. The Morgan fingerprint density at radius 3 is 0.529 bits per heavy atom. The van der Waals surface area contributed by atoms with Gasteiger partial charge in [-0.2, -0.15) is 43.9 Å². The van der Waals surface area contributed by atoms with Crippen molar-refractivity contribution in [3.8, 4) is 0 Å². The van der Waals surface area contributed by atoms with Crippen LogP contribution in [0.15, 0.2) is 0 Å². The van der Waals surface area contributed by atoms with Crippen molar-refractivity contribution in [3.05, 3.63) is 87.3 Å². The molecule has 27 heteroatoms. The van der Waals surface area contributed by atoms with Gasteiger partial charge < -0.3 is 0 Å². The van der Waals surface area contributed by atoms with Gasteiger partial charge in [0.2, 0.25) is 0 Å². The fourth-order valence-electron chi connectivity index (χ4n) is 5.83. The first kappa shape index (κ1) is 39.7. The Bertz CT molecular complexity index is 1730. The third-order valence-corrected chi connectivity index (χ3v) is 8.12. The minimum absolute atomic E-state index is 3.84. The van der Waals surface area contributed by atoms with Crippen LogP contribution in [0.25, 0.3) is 0 Å². The van der Waals surface area contributed by atoms with Crippen molar-refractivity contribution in [1.82, 2.24) is 0 Å². The largest absolute Gasteiger partial charge is 0.384 e. The predicted molar refractivity (Wildman–Crippen MR) is 112 cm³/mol. The molecule has 0 N–H and O–H groups in total. The molecule has 1 fully saturated rings. The molecule has 0 aromatic heterocycles. The molecule has 0 heterocycles. The molecule has 0 nitrogen and oxygen atoms in total. The zero-order valence-corrected chi connectivity index (χ0v) is 22.4. The number of rotatable bonds is 4. The lowest BCUT2D eigenvalue weighted by atomic mass is 9.07. The highest BCUT2D eigenvalue weighted by atomic mass is 19.4. The normalized spacial score (nSPS) is 20.1. The highest BCUT2D eigenvalue weighted by Crippen LogP contribution is 2.71. The van der Waals surface area contributed by atoms with E-state index in [2.05, 4.69) is 0 Å². The molecule has 0 atom stereocenters. The SMILES string of the molecule is Fc1c(F)c(F)c([B-](c2c(F)c(F)c(F)c(F)c2F)(c2c(F)c(F)c(F)c(F)c2F)C2(F)C(F)(F)C(F)(F)C(F)(F)C(F)(F)C2(F)F)c(F)c1F. The summed E-state index contributed by atoms with van der Waals surface area (Å²) in [5.41, 5.74) is -23.7. The second-order valence-electron chi connectivity index (χ2n) is 10.4. The molecule has 0 saturated heterocycles. The third-order valence-electron chi connectivity index (χ3n) is 8.12. The van der Waals surface area contributed by atoms with Crippen molar-refractivity contribution in [3.63, 3.8) is 0 Å². The molecule has 4 rings (SSSR count). The lowest BCUT2D eigenvalue weighted by Gasteiger charge is -2.63. The van der Waals surface area contributed by atoms with Crippen LogP contribution in [0.5, 0.6) is 0 Å². The first-order chi connectivity index (χ1) is 22.8. The molecule has 1 aliphatic rings. The van der Waals surface area contributed by atoms with Gasteiger partial charge in [-0.05, 0) is 0 Å². The number of halogens is 26. The monoisotopic (exact) mass is 793 g/mol. The molecule has 0 unspecified atom stereocenters. The maximum absolute atomic E-state index is 17.2. The molecule has 3 aromatic carbocycles. The Morgan fingerprint density at radius 2 is 0.353 bits per heavy atom. The summed E-state index contributed by atoms with van der Waals surface area (Å²) in [6.45, 7) is 0. The molecular weight excluding hydrogens is 793 g/mol. The van der Waals surface area contributed by atoms with Crippen molar-refractivity contribution in [2.45, 2.75) is 35.2 Å². The average Bonchev–Trinajstić information content (AvgIpc) is 3.04. The van der Waals surface area contributed by atoms with Gasteiger partial charge in [-0.15, -0.1) is 16.4 Å². The topological polar surface area (TPSA) is 0 Å². The second-order valence-corrected chi connectivity index (χ2v) is 10.4. The summed E-state index contributed by atoms with van der Waals surface area (Å²) in [6.07, 6.45) is -9.36. The van der Waals surface area contributed by atoms with Crippen LogP contribution in [0, 0.1) is 87.3 Å². The van der Waals surface area contributed by atoms with E-state index >= 15 is 48.3 Å². The van der Waals surface area contributed by atoms with E-state index in [1.54, 1.807) is 0 Å². The highest BCUT2D eigenvalue weighted by molar-refractivity contribution is 7.14. The minimum Gasteiger partial charge on any atom is -0.272 e. The molecule has 0 radical (unpaired) electrons. The Labute approximate surface area is 260 Å². The molecule has 282 valence electrons. The Kier molecular flexibility index (Phi) is 8.53. The van der Waals surface area contributed by atoms with E-state index < -0.39 is 145 Å². The minimum atomic E-state index is -9.36. The van der Waals surface area contributed by atoms with Crippen LogP contribution in [0.1, 0.15) is 0 Å². The van der Waals surface area contributed by atoms with Crippen LogP contribution >= 0.6 is 0 Å². The predicted octanol–water partition coefficient (Wildman–Crippen LogP) is 7.68. The van der Waals surface area contributed by atoms with Gasteiger partial charge in [0.25, 0.3) is 0 Å². The van der Waals surface area contributed by atoms with E-state index in [4.69, 9.17) is 0 Å². The van der Waals surface area contributed by atoms with Gasteiger partial charge in [0, 0.05) is 0 Å². The van der Waals surface area contributed by atoms with Crippen LogP contribution in [-0.4, -0.2) is 41.3 Å². The molecule has 51 heavy (non-hydrogen) atoms. The number of benzene rings is 3. The molecule has 0 aliphatic heterocycles. The summed E-state index contributed by atoms with van der Waals surface area (Å²) in [6, 6.07) is 0. The second kappa shape index (κ2) is 11.0. The molecular formula is C24BF26-. The van der Waals surface area contributed by atoms with Crippen molar-refractivity contribution in [2.24, 2.45) is 0 Å². The van der Waals surface area contributed by atoms with Gasteiger partial charge in [-0.1, -0.05) is 0 Å². The molecule has 0 bridgehead atoms. The van der Waals surface area contributed by atoms with Crippen LogP contribution in [-0.2, 0) is 0 Å². The van der Waals surface area contributed by atoms with E-state index in [0.717, 1.165) is 0 Å². The fraction of sp³-hybridized carbons (Fsp3) is 0.250. The van der Waals surface area contributed by atoms with Crippen LogP contribution in [0.4, 0.5) is 114 Å². The molecule has 0 spiro atoms. The summed E-state index contributed by atoms with van der Waals surface area (Å²) in [4.78, 5) is 0. The lowest BCUT2D eigenvalue weighted by Crippen LogP contribution is -2.97. The summed E-state index contributed by atoms with van der Waals surface area (Å²) in [5, 5.41) is 0. The van der Waals surface area contributed by atoms with Gasteiger partial charge in [-0.3, -0.25) is 4.39 Å². The lowest BCUT2D eigenvalue weighted by molar-refractivity contribution is -0.471. The maximum Gasteiger partial charge on any atom is 0.384 e. The van der Waals surface area contributed by atoms with Gasteiger partial charge in [0.1, 0.15) is 40.5 Å². The summed E-state index contributed by atoms with van der Waals surface area (Å²) < 4.78 is 388. The summed E-state index contributed by atoms with van der Waals surface area (Å²) in [7, 11) is 0. The molecule has 1 aliphatic carbocycles. The smallest absolute Gasteiger partial charge is 0.272 e. The van der Waals surface area contributed by atoms with Gasteiger partial charge in [0.05, 0.1) is 0 Å². The number of hydrogen-bond acceptors (Lipinski definition) is 0. The van der Waals surface area contributed by atoms with Gasteiger partial charge in [-0.25, -0.2) is 65.9 Å². The first-order valence-electron chi connectivity index (χ1n) is 12.1. The van der Waals surface area contributed by atoms with Crippen LogP contribution < -0.4 is 16.4 Å². The molecule has 0 amide bonds. The van der Waals surface area contributed by atoms with Crippen LogP contribution in [0.3, 0.4) is 0 Å². The van der Waals surface area contributed by atoms with Crippen molar-refractivity contribution >= 4 is 22.5 Å². The van der Waals surface area contributed by atoms with E-state index in [0.29, 0.717) is 0 Å². The standard InChI is InChI=1S/C24BF26/c26-4-1(5(27)11(33)16(38)10(4)32)25(2-6(28)12(34)17(39)13(35)7(2)29,3-8(30)14(36)18(40)15(37)9(3)31)19(41)20(42,43)22(46,47)24(50,51)23(48,49)21(19,44)45/q-1. The fourth-order valence-corrected chi connectivity index (χ4v) is 5.83. The number of alkyl halides is 11. The highest BCUT2D eigenvalue weighted by Gasteiger charge is 3.01. The van der Waals surface area contributed by atoms with E-state index in [1.807, 2.05) is 0 Å². The zero-order chi connectivity index (χ0) is 39.9. The number of hydrogen-bond donors (Lipinski definition) is 0. The van der Waals surface area contributed by atoms with E-state index in [-0.39, 0.29) is 0 Å². The maximum atomic E-state index is 17.2. The Morgan fingerprint density at radius 1 is 0.216 bits per heavy atom.